The van der Waals surface area contributed by atoms with Gasteiger partial charge in [0.15, 0.2) is 0 Å². The number of benzene rings is 1. The van der Waals surface area contributed by atoms with Crippen molar-refractivity contribution >= 4 is 16.8 Å². The number of pyridine rings is 1. The van der Waals surface area contributed by atoms with Gasteiger partial charge in [0, 0.05) is 47.6 Å². The molecule has 1 N–H and O–H groups in total. The van der Waals surface area contributed by atoms with Crippen molar-refractivity contribution in [2.75, 3.05) is 20.6 Å². The zero-order valence-electron chi connectivity index (χ0n) is 15.2. The summed E-state index contributed by atoms with van der Waals surface area (Å²) in [6.07, 6.45) is 7.40. The fourth-order valence-electron chi connectivity index (χ4n) is 4.05. The second-order valence-electron chi connectivity index (χ2n) is 7.22. The summed E-state index contributed by atoms with van der Waals surface area (Å²) < 4.78 is 0. The van der Waals surface area contributed by atoms with Crippen molar-refractivity contribution < 1.29 is 4.79 Å². The van der Waals surface area contributed by atoms with Crippen molar-refractivity contribution in [3.63, 3.8) is 0 Å². The summed E-state index contributed by atoms with van der Waals surface area (Å²) in [6.45, 7) is 0.794. The van der Waals surface area contributed by atoms with Crippen LogP contribution in [0.3, 0.4) is 0 Å². The van der Waals surface area contributed by atoms with Gasteiger partial charge in [-0.15, -0.1) is 0 Å². The smallest absolute Gasteiger partial charge is 0.254 e. The van der Waals surface area contributed by atoms with E-state index in [4.69, 9.17) is 0 Å². The average Bonchev–Trinajstić information content (AvgIpc) is 3.28. The van der Waals surface area contributed by atoms with Crippen LogP contribution in [0.2, 0.25) is 0 Å². The number of likely N-dealkylation sites (N-methyl/N-ethyl adjacent to an activating group) is 1. The van der Waals surface area contributed by atoms with Crippen LogP contribution in [0, 0.1) is 0 Å². The Bertz CT molecular complexity index is 903. The molecule has 0 spiro atoms. The quantitative estimate of drug-likeness (QED) is 0.789. The molecule has 0 radical (unpaired) electrons. The first-order valence-corrected chi connectivity index (χ1v) is 9.07. The molecule has 4 rings (SSSR count). The van der Waals surface area contributed by atoms with E-state index in [1.165, 1.54) is 5.56 Å². The van der Waals surface area contributed by atoms with E-state index in [2.05, 4.69) is 33.9 Å². The number of nitrogens with zero attached hydrogens (tertiary/aromatic N) is 3. The Morgan fingerprint density at radius 2 is 2.04 bits per heavy atom. The van der Waals surface area contributed by atoms with Gasteiger partial charge in [-0.1, -0.05) is 0 Å². The molecule has 3 heterocycles. The largest absolute Gasteiger partial charge is 0.361 e. The third-order valence-electron chi connectivity index (χ3n) is 5.43. The van der Waals surface area contributed by atoms with Crippen LogP contribution in [-0.2, 0) is 6.42 Å². The molecule has 0 bridgehead atoms. The van der Waals surface area contributed by atoms with Gasteiger partial charge < -0.3 is 14.8 Å². The molecule has 5 heteroatoms. The van der Waals surface area contributed by atoms with Crippen molar-refractivity contribution in [2.24, 2.45) is 0 Å². The molecular formula is C21H24N4O. The first kappa shape index (κ1) is 16.8. The van der Waals surface area contributed by atoms with Gasteiger partial charge in [0.05, 0.1) is 6.04 Å². The summed E-state index contributed by atoms with van der Waals surface area (Å²) in [5.41, 5.74) is 3.04. The summed E-state index contributed by atoms with van der Waals surface area (Å²) in [7, 11) is 4.20. The highest BCUT2D eigenvalue weighted by atomic mass is 16.2. The zero-order chi connectivity index (χ0) is 18.1. The van der Waals surface area contributed by atoms with E-state index in [1.54, 1.807) is 0 Å². The van der Waals surface area contributed by atoms with E-state index in [0.29, 0.717) is 6.04 Å². The minimum Gasteiger partial charge on any atom is -0.361 e. The van der Waals surface area contributed by atoms with Crippen molar-refractivity contribution in [3.8, 4) is 0 Å². The highest BCUT2D eigenvalue weighted by Gasteiger charge is 2.38. The van der Waals surface area contributed by atoms with Crippen LogP contribution in [0.5, 0.6) is 0 Å². The standard InChI is InChI=1S/C21H24N4O/c1-24(2)19-8-12-25(20(19)13-15-5-9-22-10-6-15)21(26)17-3-4-18-16(14-17)7-11-23-18/h3-7,9-11,14,19-20,23H,8,12-13H2,1-2H3/t19-,20+/m1/s1. The Morgan fingerprint density at radius 3 is 2.81 bits per heavy atom. The number of hydrogen-bond acceptors (Lipinski definition) is 3. The minimum absolute atomic E-state index is 0.122. The van der Waals surface area contributed by atoms with E-state index in [-0.39, 0.29) is 11.9 Å². The Labute approximate surface area is 153 Å². The van der Waals surface area contributed by atoms with Crippen LogP contribution in [0.25, 0.3) is 10.9 Å². The normalized spacial score (nSPS) is 20.2. The first-order chi connectivity index (χ1) is 12.6. The molecule has 1 amide bonds. The number of rotatable bonds is 4. The van der Waals surface area contributed by atoms with E-state index >= 15 is 0 Å². The molecule has 26 heavy (non-hydrogen) atoms. The van der Waals surface area contributed by atoms with Crippen molar-refractivity contribution in [1.29, 1.82) is 0 Å². The Balaban J connectivity index is 1.62. The van der Waals surface area contributed by atoms with Crippen LogP contribution in [0.1, 0.15) is 22.3 Å². The zero-order valence-corrected chi connectivity index (χ0v) is 15.2. The Hall–Kier alpha value is -2.66. The Morgan fingerprint density at radius 1 is 1.23 bits per heavy atom. The number of amides is 1. The molecule has 0 unspecified atom stereocenters. The monoisotopic (exact) mass is 348 g/mol. The topological polar surface area (TPSA) is 52.2 Å². The second kappa shape index (κ2) is 6.92. The number of fused-ring (bicyclic) bond motifs is 1. The molecule has 5 nitrogen and oxygen atoms in total. The second-order valence-corrected chi connectivity index (χ2v) is 7.22. The Kier molecular flexibility index (Phi) is 4.47. The molecule has 1 aliphatic rings. The average molecular weight is 348 g/mol. The lowest BCUT2D eigenvalue weighted by atomic mass is 9.99. The number of aromatic amines is 1. The molecule has 1 saturated heterocycles. The molecule has 3 aromatic rings. The summed E-state index contributed by atoms with van der Waals surface area (Å²) in [5.74, 6) is 0.122. The predicted molar refractivity (Wildman–Crippen MR) is 103 cm³/mol. The number of H-pyrrole nitrogens is 1. The number of aromatic nitrogens is 2. The van der Waals surface area contributed by atoms with Gasteiger partial charge in [0.25, 0.3) is 5.91 Å². The molecule has 1 aliphatic heterocycles. The summed E-state index contributed by atoms with van der Waals surface area (Å²) in [6, 6.07) is 12.5. The lowest BCUT2D eigenvalue weighted by Crippen LogP contribution is -2.45. The van der Waals surface area contributed by atoms with E-state index in [1.807, 2.05) is 55.0 Å². The molecular weight excluding hydrogens is 324 g/mol. The number of likely N-dealkylation sites (tertiary alicyclic amines) is 1. The summed E-state index contributed by atoms with van der Waals surface area (Å²) >= 11 is 0. The third kappa shape index (κ3) is 3.10. The molecule has 0 aliphatic carbocycles. The van der Waals surface area contributed by atoms with Crippen LogP contribution in [0.4, 0.5) is 0 Å². The number of carbonyl (C=O) groups is 1. The van der Waals surface area contributed by atoms with Gasteiger partial charge >= 0.3 is 0 Å². The van der Waals surface area contributed by atoms with E-state index < -0.39 is 0 Å². The van der Waals surface area contributed by atoms with Crippen LogP contribution in [-0.4, -0.2) is 58.4 Å². The van der Waals surface area contributed by atoms with Gasteiger partial charge in [-0.2, -0.15) is 0 Å². The fraction of sp³-hybridized carbons (Fsp3) is 0.333. The summed E-state index contributed by atoms with van der Waals surface area (Å²) in [4.78, 5) is 24.9. The number of carbonyl (C=O) groups excluding carboxylic acids is 1. The molecule has 1 aromatic carbocycles. The highest BCUT2D eigenvalue weighted by Crippen LogP contribution is 2.27. The van der Waals surface area contributed by atoms with Crippen molar-refractivity contribution in [3.05, 3.63) is 66.1 Å². The van der Waals surface area contributed by atoms with E-state index in [9.17, 15) is 4.79 Å². The predicted octanol–water partition coefficient (Wildman–Crippen LogP) is 2.95. The SMILES string of the molecule is CN(C)[C@@H]1CCN(C(=O)c2ccc3[nH]ccc3c2)[C@H]1Cc1ccncc1. The lowest BCUT2D eigenvalue weighted by Gasteiger charge is -2.31. The summed E-state index contributed by atoms with van der Waals surface area (Å²) in [5, 5.41) is 1.07. The van der Waals surface area contributed by atoms with Crippen LogP contribution >= 0.6 is 0 Å². The fourth-order valence-corrected chi connectivity index (χ4v) is 4.05. The van der Waals surface area contributed by atoms with Gasteiger partial charge in [0.2, 0.25) is 0 Å². The van der Waals surface area contributed by atoms with Gasteiger partial charge in [-0.05, 0) is 68.9 Å². The molecule has 2 atom stereocenters. The minimum atomic E-state index is 0.122. The van der Waals surface area contributed by atoms with E-state index in [0.717, 1.165) is 35.9 Å². The first-order valence-electron chi connectivity index (χ1n) is 9.07. The molecule has 134 valence electrons. The van der Waals surface area contributed by atoms with Gasteiger partial charge in [-0.3, -0.25) is 9.78 Å². The van der Waals surface area contributed by atoms with Gasteiger partial charge in [0.1, 0.15) is 0 Å². The molecule has 0 saturated carbocycles. The maximum Gasteiger partial charge on any atom is 0.254 e. The van der Waals surface area contributed by atoms with Crippen molar-refractivity contribution in [2.45, 2.75) is 24.9 Å². The van der Waals surface area contributed by atoms with Crippen LogP contribution < -0.4 is 0 Å². The van der Waals surface area contributed by atoms with Gasteiger partial charge in [-0.25, -0.2) is 0 Å². The number of hydrogen-bond donors (Lipinski definition) is 1. The maximum absolute atomic E-state index is 13.3. The lowest BCUT2D eigenvalue weighted by molar-refractivity contribution is 0.0705. The maximum atomic E-state index is 13.3. The van der Waals surface area contributed by atoms with Crippen molar-refractivity contribution in [1.82, 2.24) is 19.8 Å². The van der Waals surface area contributed by atoms with Crippen LogP contribution in [0.15, 0.2) is 55.0 Å². The third-order valence-corrected chi connectivity index (χ3v) is 5.43. The molecule has 1 fully saturated rings. The molecule has 2 aromatic heterocycles. The highest BCUT2D eigenvalue weighted by molar-refractivity contribution is 5.98. The number of nitrogens with one attached hydrogen (secondary N) is 1.